The third-order valence-electron chi connectivity index (χ3n) is 4.72. The highest BCUT2D eigenvalue weighted by molar-refractivity contribution is 5.53. The van der Waals surface area contributed by atoms with Crippen molar-refractivity contribution in [1.29, 1.82) is 0 Å². The highest BCUT2D eigenvalue weighted by Crippen LogP contribution is 2.22. The van der Waals surface area contributed by atoms with Crippen molar-refractivity contribution in [3.05, 3.63) is 60.8 Å². The molecule has 1 fully saturated rings. The molecule has 0 radical (unpaired) electrons. The van der Waals surface area contributed by atoms with E-state index in [0.29, 0.717) is 6.54 Å². The lowest BCUT2D eigenvalue weighted by atomic mass is 10.2. The summed E-state index contributed by atoms with van der Waals surface area (Å²) < 4.78 is 10.6. The first-order valence-corrected chi connectivity index (χ1v) is 9.04. The summed E-state index contributed by atoms with van der Waals surface area (Å²) in [7, 11) is 1.69. The van der Waals surface area contributed by atoms with Gasteiger partial charge in [0.2, 0.25) is 0 Å². The minimum Gasteiger partial charge on any atom is -0.497 e. The fraction of sp³-hybridized carbons (Fsp3) is 0.300. The second kappa shape index (κ2) is 7.99. The number of nitrogens with one attached hydrogen (secondary N) is 1. The Hall–Kier alpha value is -3.22. The largest absolute Gasteiger partial charge is 0.497 e. The molecule has 1 N–H and O–H groups in total. The van der Waals surface area contributed by atoms with Crippen LogP contribution in [0.2, 0.25) is 0 Å². The molecule has 4 rings (SSSR count). The minimum atomic E-state index is 0.606. The molecule has 3 aromatic rings. The van der Waals surface area contributed by atoms with E-state index in [2.05, 4.69) is 37.2 Å². The zero-order chi connectivity index (χ0) is 18.5. The molecule has 1 aliphatic heterocycles. The molecule has 0 aliphatic carbocycles. The van der Waals surface area contributed by atoms with E-state index in [1.807, 2.05) is 30.3 Å². The third-order valence-corrected chi connectivity index (χ3v) is 4.72. The van der Waals surface area contributed by atoms with Crippen molar-refractivity contribution in [3.63, 3.8) is 0 Å². The summed E-state index contributed by atoms with van der Waals surface area (Å²) in [6.45, 7) is 4.34. The Morgan fingerprint density at radius 3 is 2.52 bits per heavy atom. The van der Waals surface area contributed by atoms with Crippen LogP contribution >= 0.6 is 0 Å². The van der Waals surface area contributed by atoms with E-state index in [4.69, 9.17) is 9.15 Å². The highest BCUT2D eigenvalue weighted by atomic mass is 16.5. The fourth-order valence-electron chi connectivity index (χ4n) is 3.19. The van der Waals surface area contributed by atoms with Gasteiger partial charge in [0.15, 0.2) is 0 Å². The maximum Gasteiger partial charge on any atom is 0.134 e. The van der Waals surface area contributed by atoms with Gasteiger partial charge in [-0.1, -0.05) is 0 Å². The highest BCUT2D eigenvalue weighted by Gasteiger charge is 2.19. The summed E-state index contributed by atoms with van der Waals surface area (Å²) in [4.78, 5) is 13.4. The Labute approximate surface area is 158 Å². The van der Waals surface area contributed by atoms with Crippen LogP contribution in [0.5, 0.6) is 5.75 Å². The van der Waals surface area contributed by atoms with E-state index in [0.717, 1.165) is 49.3 Å². The molecule has 3 heterocycles. The molecule has 1 aromatic carbocycles. The predicted molar refractivity (Wildman–Crippen MR) is 105 cm³/mol. The van der Waals surface area contributed by atoms with Gasteiger partial charge in [0.05, 0.1) is 19.9 Å². The van der Waals surface area contributed by atoms with Gasteiger partial charge in [0.25, 0.3) is 0 Å². The molecule has 1 aliphatic rings. The summed E-state index contributed by atoms with van der Waals surface area (Å²) in [6, 6.07) is 14.0. The molecular formula is C20H23N5O2. The number of rotatable bonds is 6. The summed E-state index contributed by atoms with van der Waals surface area (Å²) in [5.74, 6) is 3.51. The van der Waals surface area contributed by atoms with Gasteiger partial charge in [0.1, 0.15) is 29.5 Å². The summed E-state index contributed by atoms with van der Waals surface area (Å²) in [5, 5.41) is 3.28. The molecule has 0 spiro atoms. The molecule has 27 heavy (non-hydrogen) atoms. The van der Waals surface area contributed by atoms with Crippen molar-refractivity contribution < 1.29 is 9.15 Å². The standard InChI is InChI=1S/C20H23N5O2/c1-26-17-6-4-16(5-7-17)24-8-10-25(11-9-24)20-13-19(22-15-23-20)21-14-18-3-2-12-27-18/h2-7,12-13,15H,8-11,14H2,1H3,(H,21,22,23). The Morgan fingerprint density at radius 1 is 1.04 bits per heavy atom. The van der Waals surface area contributed by atoms with Gasteiger partial charge in [-0.3, -0.25) is 0 Å². The number of piperazine rings is 1. The van der Waals surface area contributed by atoms with Crippen molar-refractivity contribution >= 4 is 17.3 Å². The molecule has 0 saturated carbocycles. The van der Waals surface area contributed by atoms with Crippen LogP contribution < -0.4 is 19.9 Å². The Balaban J connectivity index is 1.35. The molecule has 1 saturated heterocycles. The van der Waals surface area contributed by atoms with E-state index in [-0.39, 0.29) is 0 Å². The molecule has 0 amide bonds. The second-order valence-electron chi connectivity index (χ2n) is 6.37. The van der Waals surface area contributed by atoms with Gasteiger partial charge < -0.3 is 24.3 Å². The van der Waals surface area contributed by atoms with Crippen LogP contribution in [0.25, 0.3) is 0 Å². The van der Waals surface area contributed by atoms with Crippen molar-refractivity contribution in [1.82, 2.24) is 9.97 Å². The number of methoxy groups -OCH3 is 1. The molecular weight excluding hydrogens is 342 g/mol. The van der Waals surface area contributed by atoms with E-state index >= 15 is 0 Å². The Kier molecular flexibility index (Phi) is 5.09. The number of hydrogen-bond acceptors (Lipinski definition) is 7. The van der Waals surface area contributed by atoms with Gasteiger partial charge in [-0.25, -0.2) is 9.97 Å². The van der Waals surface area contributed by atoms with Gasteiger partial charge in [0, 0.05) is 37.9 Å². The minimum absolute atomic E-state index is 0.606. The number of furan rings is 1. The molecule has 0 atom stereocenters. The van der Waals surface area contributed by atoms with E-state index in [1.165, 1.54) is 5.69 Å². The second-order valence-corrected chi connectivity index (χ2v) is 6.37. The number of nitrogens with zero attached hydrogens (tertiary/aromatic N) is 4. The topological polar surface area (TPSA) is 66.7 Å². The van der Waals surface area contributed by atoms with Crippen LogP contribution in [0.1, 0.15) is 5.76 Å². The van der Waals surface area contributed by atoms with E-state index < -0.39 is 0 Å². The van der Waals surface area contributed by atoms with Crippen molar-refractivity contribution in [3.8, 4) is 5.75 Å². The predicted octanol–water partition coefficient (Wildman–Crippen LogP) is 3.02. The first kappa shape index (κ1) is 17.2. The molecule has 7 nitrogen and oxygen atoms in total. The van der Waals surface area contributed by atoms with Crippen molar-refractivity contribution in [2.45, 2.75) is 6.54 Å². The molecule has 7 heteroatoms. The smallest absolute Gasteiger partial charge is 0.134 e. The maximum absolute atomic E-state index is 5.34. The average molecular weight is 365 g/mol. The summed E-state index contributed by atoms with van der Waals surface area (Å²) >= 11 is 0. The lowest BCUT2D eigenvalue weighted by Crippen LogP contribution is -2.46. The molecule has 0 unspecified atom stereocenters. The number of hydrogen-bond donors (Lipinski definition) is 1. The van der Waals surface area contributed by atoms with Crippen LogP contribution in [-0.4, -0.2) is 43.3 Å². The van der Waals surface area contributed by atoms with Crippen molar-refractivity contribution in [2.24, 2.45) is 0 Å². The van der Waals surface area contributed by atoms with Gasteiger partial charge in [-0.2, -0.15) is 0 Å². The first-order chi connectivity index (χ1) is 13.3. The summed E-state index contributed by atoms with van der Waals surface area (Å²) in [6.07, 6.45) is 3.28. The molecule has 140 valence electrons. The number of ether oxygens (including phenoxy) is 1. The zero-order valence-corrected chi connectivity index (χ0v) is 15.3. The lowest BCUT2D eigenvalue weighted by Gasteiger charge is -2.36. The van der Waals surface area contributed by atoms with E-state index in [9.17, 15) is 0 Å². The quantitative estimate of drug-likeness (QED) is 0.720. The third kappa shape index (κ3) is 4.13. The van der Waals surface area contributed by atoms with Crippen LogP contribution in [0.3, 0.4) is 0 Å². The summed E-state index contributed by atoms with van der Waals surface area (Å²) in [5.41, 5.74) is 1.22. The van der Waals surface area contributed by atoms with Gasteiger partial charge >= 0.3 is 0 Å². The van der Waals surface area contributed by atoms with Crippen LogP contribution in [0, 0.1) is 0 Å². The van der Waals surface area contributed by atoms with Crippen LogP contribution in [-0.2, 0) is 6.54 Å². The molecule has 0 bridgehead atoms. The normalized spacial score (nSPS) is 14.3. The van der Waals surface area contributed by atoms with E-state index in [1.54, 1.807) is 19.7 Å². The monoisotopic (exact) mass is 365 g/mol. The average Bonchev–Trinajstić information content (AvgIpc) is 3.26. The Morgan fingerprint density at radius 2 is 1.81 bits per heavy atom. The fourth-order valence-corrected chi connectivity index (χ4v) is 3.19. The zero-order valence-electron chi connectivity index (χ0n) is 15.3. The van der Waals surface area contributed by atoms with Gasteiger partial charge in [-0.05, 0) is 36.4 Å². The Bertz CT molecular complexity index is 843. The molecule has 2 aromatic heterocycles. The van der Waals surface area contributed by atoms with Crippen molar-refractivity contribution in [2.75, 3.05) is 48.4 Å². The van der Waals surface area contributed by atoms with Gasteiger partial charge in [-0.15, -0.1) is 0 Å². The van der Waals surface area contributed by atoms with Crippen LogP contribution in [0.4, 0.5) is 17.3 Å². The maximum atomic E-state index is 5.34. The number of benzene rings is 1. The SMILES string of the molecule is COc1ccc(N2CCN(c3cc(NCc4ccco4)ncn3)CC2)cc1. The first-order valence-electron chi connectivity index (χ1n) is 9.04. The number of anilines is 3. The number of aromatic nitrogens is 2. The lowest BCUT2D eigenvalue weighted by molar-refractivity contribution is 0.415. The van der Waals surface area contributed by atoms with Crippen LogP contribution in [0.15, 0.2) is 59.5 Å².